The molecule has 2 heteroatoms. The first-order chi connectivity index (χ1) is 16.1. The molecule has 2 heterocycles. The highest BCUT2D eigenvalue weighted by Crippen LogP contribution is 2.68. The first-order valence-electron chi connectivity index (χ1n) is 12.7. The summed E-state index contributed by atoms with van der Waals surface area (Å²) in [7, 11) is 0. The fourth-order valence-corrected chi connectivity index (χ4v) is 8.36. The second-order valence-electron chi connectivity index (χ2n) is 11.1. The van der Waals surface area contributed by atoms with Crippen LogP contribution in [0.15, 0.2) is 91.0 Å². The van der Waals surface area contributed by atoms with Gasteiger partial charge in [-0.1, -0.05) is 97.9 Å². The zero-order valence-corrected chi connectivity index (χ0v) is 20.0. The summed E-state index contributed by atoms with van der Waals surface area (Å²) in [6.07, 6.45) is 2.60. The molecule has 0 unspecified atom stereocenters. The average Bonchev–Trinajstić information content (AvgIpc) is 3.39. The number of benzene rings is 3. The fourth-order valence-electron chi connectivity index (χ4n) is 8.36. The van der Waals surface area contributed by atoms with Crippen LogP contribution in [0.5, 0.6) is 0 Å². The molecule has 1 aliphatic carbocycles. The number of ether oxygens (including phenoxy) is 1. The highest BCUT2D eigenvalue weighted by molar-refractivity contribution is 5.30. The van der Waals surface area contributed by atoms with E-state index in [4.69, 9.17) is 4.74 Å². The molecule has 6 rings (SSSR count). The topological polar surface area (TPSA) is 9.23 Å². The van der Waals surface area contributed by atoms with Crippen LogP contribution in [0.3, 0.4) is 0 Å². The predicted molar refractivity (Wildman–Crippen MR) is 133 cm³/mol. The first-order valence-corrected chi connectivity index (χ1v) is 12.7. The lowest BCUT2D eigenvalue weighted by Gasteiger charge is -2.43. The van der Waals surface area contributed by atoms with E-state index in [9.17, 15) is 0 Å². The van der Waals surface area contributed by atoms with Gasteiger partial charge in [0.15, 0.2) is 5.60 Å². The molecule has 2 saturated heterocycles. The number of hydrogen-bond donors (Lipinski definition) is 0. The summed E-state index contributed by atoms with van der Waals surface area (Å²) in [6, 6.07) is 33.1. The van der Waals surface area contributed by atoms with Crippen LogP contribution in [0.2, 0.25) is 0 Å². The van der Waals surface area contributed by atoms with Crippen molar-refractivity contribution in [2.45, 2.75) is 51.0 Å². The van der Waals surface area contributed by atoms with E-state index in [0.717, 1.165) is 29.4 Å². The third-order valence-corrected chi connectivity index (χ3v) is 9.60. The van der Waals surface area contributed by atoms with Crippen LogP contribution in [0.25, 0.3) is 0 Å². The van der Waals surface area contributed by atoms with E-state index in [1.807, 2.05) is 0 Å². The van der Waals surface area contributed by atoms with Gasteiger partial charge in [-0.25, -0.2) is 0 Å². The van der Waals surface area contributed by atoms with Gasteiger partial charge in [0.2, 0.25) is 0 Å². The van der Waals surface area contributed by atoms with Crippen molar-refractivity contribution in [2.75, 3.05) is 13.1 Å². The minimum atomic E-state index is -0.241. The van der Waals surface area contributed by atoms with E-state index >= 15 is 0 Å². The molecule has 0 aromatic heterocycles. The Morgan fingerprint density at radius 3 is 2.09 bits per heavy atom. The van der Waals surface area contributed by atoms with Crippen LogP contribution in [0.4, 0.5) is 0 Å². The number of quaternary nitrogens is 1. The first kappa shape index (κ1) is 21.1. The predicted octanol–water partition coefficient (Wildman–Crippen LogP) is 6.56. The highest BCUT2D eigenvalue weighted by Gasteiger charge is 2.78. The maximum absolute atomic E-state index is 7.18. The van der Waals surface area contributed by atoms with E-state index < -0.39 is 0 Å². The quantitative estimate of drug-likeness (QED) is 0.396. The van der Waals surface area contributed by atoms with Gasteiger partial charge in [-0.05, 0) is 30.9 Å². The molecule has 2 aliphatic heterocycles. The van der Waals surface area contributed by atoms with E-state index in [-0.39, 0.29) is 11.1 Å². The second-order valence-corrected chi connectivity index (χ2v) is 11.1. The summed E-state index contributed by atoms with van der Waals surface area (Å²) in [5, 5.41) is 0. The van der Waals surface area contributed by atoms with Gasteiger partial charge in [-0.3, -0.25) is 0 Å². The molecule has 0 spiro atoms. The van der Waals surface area contributed by atoms with Crippen molar-refractivity contribution in [1.82, 2.24) is 0 Å². The van der Waals surface area contributed by atoms with Gasteiger partial charge in [0.25, 0.3) is 0 Å². The summed E-state index contributed by atoms with van der Waals surface area (Å²) in [5.74, 6) is 2.08. The van der Waals surface area contributed by atoms with Crippen molar-refractivity contribution in [3.8, 4) is 0 Å². The van der Waals surface area contributed by atoms with Crippen LogP contribution in [0.1, 0.15) is 43.4 Å². The Balaban J connectivity index is 1.47. The van der Waals surface area contributed by atoms with E-state index in [1.165, 1.54) is 36.1 Å². The van der Waals surface area contributed by atoms with Crippen molar-refractivity contribution in [3.63, 3.8) is 0 Å². The summed E-state index contributed by atoms with van der Waals surface area (Å²) < 4.78 is 8.34. The maximum Gasteiger partial charge on any atom is 0.151 e. The summed E-state index contributed by atoms with van der Waals surface area (Å²) in [6.45, 7) is 9.25. The molecule has 0 bridgehead atoms. The molecule has 1 saturated carbocycles. The van der Waals surface area contributed by atoms with Crippen LogP contribution in [-0.2, 0) is 23.5 Å². The zero-order valence-electron chi connectivity index (χ0n) is 20.0. The largest absolute Gasteiger partial charge is 0.359 e. The standard InChI is InChI=1S/C31H36NO/c1-24-20-32(21-25-12-6-3-7-13-25)23-31(27-16-10-5-11-17-27,29-19-18-28(24)30(29,32)2)33-22-26-14-8-4-9-15-26/h3-17,24,28-29H,18-23H2,1-2H3/q+1/t24-,28+,29+,30-,31+,32-/m1/s1. The lowest BCUT2D eigenvalue weighted by molar-refractivity contribution is -0.968. The average molecular weight is 439 g/mol. The molecular weight excluding hydrogens is 402 g/mol. The Hall–Kier alpha value is -2.42. The van der Waals surface area contributed by atoms with Gasteiger partial charge in [0.05, 0.1) is 19.1 Å². The molecule has 0 amide bonds. The molecule has 6 atom stereocenters. The van der Waals surface area contributed by atoms with Gasteiger partial charge in [0.1, 0.15) is 18.6 Å². The third-order valence-electron chi connectivity index (χ3n) is 9.60. The van der Waals surface area contributed by atoms with Crippen LogP contribution < -0.4 is 0 Å². The third kappa shape index (κ3) is 3.07. The van der Waals surface area contributed by atoms with Gasteiger partial charge < -0.3 is 9.22 Å². The van der Waals surface area contributed by atoms with Gasteiger partial charge in [-0.2, -0.15) is 0 Å². The molecule has 3 fully saturated rings. The Kier molecular flexibility index (Phi) is 5.01. The van der Waals surface area contributed by atoms with Crippen LogP contribution >= 0.6 is 0 Å². The van der Waals surface area contributed by atoms with E-state index in [0.29, 0.717) is 12.5 Å². The number of rotatable bonds is 6. The zero-order chi connectivity index (χ0) is 22.5. The van der Waals surface area contributed by atoms with Crippen molar-refractivity contribution >= 4 is 0 Å². The van der Waals surface area contributed by atoms with Gasteiger partial charge in [0, 0.05) is 17.4 Å². The van der Waals surface area contributed by atoms with Gasteiger partial charge >= 0.3 is 0 Å². The fraction of sp³-hybridized carbons (Fsp3) is 0.419. The molecule has 0 radical (unpaired) electrons. The maximum atomic E-state index is 7.18. The lowest BCUT2D eigenvalue weighted by Crippen LogP contribution is -2.57. The molecular formula is C31H36NO+. The molecule has 33 heavy (non-hydrogen) atoms. The highest BCUT2D eigenvalue weighted by atomic mass is 16.5. The SMILES string of the molecule is C[C@@H]1C[N@@+]2(Cc3ccccc3)C[C@](OCc3ccccc3)(c3ccccc3)[C@H]3CC[C@@H]1[C@]32C. The van der Waals surface area contributed by atoms with Crippen LogP contribution in [0, 0.1) is 17.8 Å². The smallest absolute Gasteiger partial charge is 0.151 e. The molecule has 0 N–H and O–H groups in total. The number of hydrogen-bond acceptors (Lipinski definition) is 1. The van der Waals surface area contributed by atoms with E-state index in [1.54, 1.807) is 0 Å². The lowest BCUT2D eigenvalue weighted by atomic mass is 9.73. The Labute approximate surface area is 198 Å². The molecule has 3 aromatic carbocycles. The Morgan fingerprint density at radius 2 is 1.42 bits per heavy atom. The van der Waals surface area contributed by atoms with Crippen LogP contribution in [-0.4, -0.2) is 23.1 Å². The monoisotopic (exact) mass is 438 g/mol. The summed E-state index contributed by atoms with van der Waals surface area (Å²) >= 11 is 0. The van der Waals surface area contributed by atoms with Crippen molar-refractivity contribution < 1.29 is 9.22 Å². The van der Waals surface area contributed by atoms with Crippen molar-refractivity contribution in [2.24, 2.45) is 17.8 Å². The summed E-state index contributed by atoms with van der Waals surface area (Å²) in [5.41, 5.74) is 4.12. The minimum absolute atomic E-state index is 0.241. The van der Waals surface area contributed by atoms with Crippen molar-refractivity contribution in [3.05, 3.63) is 108 Å². The van der Waals surface area contributed by atoms with Crippen molar-refractivity contribution in [1.29, 1.82) is 0 Å². The Morgan fingerprint density at radius 1 is 0.818 bits per heavy atom. The normalized spacial score (nSPS) is 36.7. The molecule has 3 aliphatic rings. The molecule has 2 nitrogen and oxygen atoms in total. The summed E-state index contributed by atoms with van der Waals surface area (Å²) in [4.78, 5) is 0. The van der Waals surface area contributed by atoms with E-state index in [2.05, 4.69) is 105 Å². The Bertz CT molecular complexity index is 1100. The molecule has 170 valence electrons. The number of nitrogens with zero attached hydrogens (tertiary/aromatic N) is 1. The van der Waals surface area contributed by atoms with Gasteiger partial charge in [-0.15, -0.1) is 0 Å². The molecule has 3 aromatic rings. The second kappa shape index (κ2) is 7.82. The minimum Gasteiger partial charge on any atom is -0.359 e.